The van der Waals surface area contributed by atoms with Crippen LogP contribution in [-0.2, 0) is 11.8 Å². The first-order chi connectivity index (χ1) is 14.3. The maximum Gasteiger partial charge on any atom is 0.330 e. The number of hydrogen-bond acceptors (Lipinski definition) is 6. The van der Waals surface area contributed by atoms with E-state index in [1.807, 2.05) is 24.3 Å². The lowest BCUT2D eigenvalue weighted by Crippen LogP contribution is -2.32. The summed E-state index contributed by atoms with van der Waals surface area (Å²) in [7, 11) is 1.35. The number of anilines is 1. The zero-order valence-corrected chi connectivity index (χ0v) is 17.7. The van der Waals surface area contributed by atoms with Gasteiger partial charge in [0.2, 0.25) is 11.8 Å². The summed E-state index contributed by atoms with van der Waals surface area (Å²) < 4.78 is 0.942. The number of aromatic nitrogens is 2. The van der Waals surface area contributed by atoms with Gasteiger partial charge in [-0.3, -0.25) is 19.1 Å². The highest BCUT2D eigenvalue weighted by molar-refractivity contribution is 6.04. The molecule has 0 radical (unpaired) electrons. The number of benzene rings is 1. The summed E-state index contributed by atoms with van der Waals surface area (Å²) in [6.45, 7) is 7.71. The first kappa shape index (κ1) is 21.4. The Labute approximate surface area is 174 Å². The van der Waals surface area contributed by atoms with E-state index in [0.29, 0.717) is 0 Å². The van der Waals surface area contributed by atoms with Crippen LogP contribution in [0.4, 0.5) is 5.69 Å². The van der Waals surface area contributed by atoms with Gasteiger partial charge in [0.25, 0.3) is 5.56 Å². The average Bonchev–Trinajstić information content (AvgIpc) is 3.18. The second-order valence-corrected chi connectivity index (χ2v) is 7.14. The molecular formula is C21H27N5O4. The lowest BCUT2D eigenvalue weighted by atomic mass is 9.98. The monoisotopic (exact) mass is 413 g/mol. The van der Waals surface area contributed by atoms with E-state index in [1.165, 1.54) is 12.1 Å². The minimum Gasteiger partial charge on any atom is -0.494 e. The minimum atomic E-state index is -0.726. The third-order valence-corrected chi connectivity index (χ3v) is 5.46. The van der Waals surface area contributed by atoms with Crippen molar-refractivity contribution in [1.29, 1.82) is 0 Å². The topological polar surface area (TPSA) is 111 Å². The Morgan fingerprint density at radius 2 is 1.83 bits per heavy atom. The number of hydrogen-bond donors (Lipinski definition) is 2. The number of H-pyrrole nitrogens is 1. The number of hydrazone groups is 1. The summed E-state index contributed by atoms with van der Waals surface area (Å²) >= 11 is 0. The van der Waals surface area contributed by atoms with Crippen LogP contribution in [-0.4, -0.2) is 44.4 Å². The highest BCUT2D eigenvalue weighted by Gasteiger charge is 2.35. The van der Waals surface area contributed by atoms with Crippen LogP contribution >= 0.6 is 0 Å². The van der Waals surface area contributed by atoms with E-state index in [2.05, 4.69) is 28.8 Å². The molecule has 30 heavy (non-hydrogen) atoms. The van der Waals surface area contributed by atoms with E-state index >= 15 is 0 Å². The molecule has 0 saturated heterocycles. The van der Waals surface area contributed by atoms with Gasteiger partial charge in [0.05, 0.1) is 11.8 Å². The molecule has 0 bridgehead atoms. The van der Waals surface area contributed by atoms with Crippen LogP contribution in [0, 0.1) is 0 Å². The fourth-order valence-corrected chi connectivity index (χ4v) is 3.68. The zero-order valence-electron chi connectivity index (χ0n) is 17.7. The smallest absolute Gasteiger partial charge is 0.330 e. The standard InChI is InChI=1S/C21H27N5O4/c1-5-17(27)26-16(13-8-10-14(11-9-13)25(6-2)7-3)12-15(23-26)18-19(28)22-21(30)24(4)20(18)29/h8-11,16,29H,5-7,12H2,1-4H3,(H,22,28,30)/t16-/m1/s1. The summed E-state index contributed by atoms with van der Waals surface area (Å²) in [5.74, 6) is -0.660. The summed E-state index contributed by atoms with van der Waals surface area (Å²) in [5, 5.41) is 16.1. The number of carbonyl (C=O) groups excluding carboxylic acids is 1. The third kappa shape index (κ3) is 3.74. The van der Waals surface area contributed by atoms with E-state index in [1.54, 1.807) is 6.92 Å². The van der Waals surface area contributed by atoms with E-state index in [9.17, 15) is 19.5 Å². The molecule has 3 rings (SSSR count). The molecular weight excluding hydrogens is 386 g/mol. The quantitative estimate of drug-likeness (QED) is 0.749. The molecule has 1 aromatic heterocycles. The van der Waals surface area contributed by atoms with Gasteiger partial charge in [0.15, 0.2) is 0 Å². The van der Waals surface area contributed by atoms with Crippen molar-refractivity contribution in [3.05, 3.63) is 56.2 Å². The molecule has 2 heterocycles. The van der Waals surface area contributed by atoms with Crippen LogP contribution in [0.5, 0.6) is 5.88 Å². The van der Waals surface area contributed by atoms with Gasteiger partial charge >= 0.3 is 5.69 Å². The van der Waals surface area contributed by atoms with Gasteiger partial charge in [-0.05, 0) is 31.5 Å². The Balaban J connectivity index is 2.01. The number of carbonyl (C=O) groups is 1. The maximum atomic E-state index is 12.5. The molecule has 9 nitrogen and oxygen atoms in total. The van der Waals surface area contributed by atoms with Gasteiger partial charge in [0, 0.05) is 38.7 Å². The SMILES string of the molecule is CCC(=O)N1N=C(c2c(O)n(C)c(=O)[nH]c2=O)C[C@@H]1c1ccc(N(CC)CC)cc1. The lowest BCUT2D eigenvalue weighted by Gasteiger charge is -2.24. The maximum absolute atomic E-state index is 12.5. The van der Waals surface area contributed by atoms with Crippen LogP contribution in [0.15, 0.2) is 39.0 Å². The van der Waals surface area contributed by atoms with Crippen LogP contribution in [0.2, 0.25) is 0 Å². The molecule has 0 aliphatic carbocycles. The van der Waals surface area contributed by atoms with Gasteiger partial charge < -0.3 is 10.0 Å². The normalized spacial score (nSPS) is 15.9. The molecule has 1 aliphatic rings. The van der Waals surface area contributed by atoms with Crippen molar-refractivity contribution in [2.24, 2.45) is 12.1 Å². The van der Waals surface area contributed by atoms with E-state index < -0.39 is 23.2 Å². The van der Waals surface area contributed by atoms with Crippen molar-refractivity contribution < 1.29 is 9.90 Å². The second kappa shape index (κ2) is 8.56. The lowest BCUT2D eigenvalue weighted by molar-refractivity contribution is -0.132. The minimum absolute atomic E-state index is 0.0896. The molecule has 1 aliphatic heterocycles. The predicted molar refractivity (Wildman–Crippen MR) is 115 cm³/mol. The van der Waals surface area contributed by atoms with Gasteiger partial charge in [-0.15, -0.1) is 0 Å². The Hall–Kier alpha value is -3.36. The van der Waals surface area contributed by atoms with Crippen molar-refractivity contribution in [3.8, 4) is 5.88 Å². The highest BCUT2D eigenvalue weighted by Crippen LogP contribution is 2.34. The zero-order chi connectivity index (χ0) is 22.0. The highest BCUT2D eigenvalue weighted by atomic mass is 16.3. The molecule has 9 heteroatoms. The molecule has 160 valence electrons. The first-order valence-corrected chi connectivity index (χ1v) is 10.1. The van der Waals surface area contributed by atoms with Gasteiger partial charge in [0.1, 0.15) is 5.56 Å². The van der Waals surface area contributed by atoms with E-state index in [0.717, 1.165) is 28.9 Å². The summed E-state index contributed by atoms with van der Waals surface area (Å²) in [4.78, 5) is 41.0. The molecule has 1 aromatic carbocycles. The van der Waals surface area contributed by atoms with Crippen LogP contribution in [0.25, 0.3) is 0 Å². The largest absolute Gasteiger partial charge is 0.494 e. The Morgan fingerprint density at radius 3 is 2.40 bits per heavy atom. The molecule has 0 saturated carbocycles. The molecule has 1 atom stereocenters. The molecule has 1 amide bonds. The molecule has 2 N–H and O–H groups in total. The van der Waals surface area contributed by atoms with Crippen molar-refractivity contribution in [2.75, 3.05) is 18.0 Å². The van der Waals surface area contributed by atoms with E-state index in [-0.39, 0.29) is 30.0 Å². The van der Waals surface area contributed by atoms with Gasteiger partial charge in [-0.25, -0.2) is 9.80 Å². The van der Waals surface area contributed by atoms with Crippen molar-refractivity contribution in [2.45, 2.75) is 39.7 Å². The number of aromatic hydroxyl groups is 1. The van der Waals surface area contributed by atoms with Gasteiger partial charge in [-0.1, -0.05) is 19.1 Å². The number of aromatic amines is 1. The molecule has 0 spiro atoms. The van der Waals surface area contributed by atoms with Crippen LogP contribution in [0.1, 0.15) is 50.8 Å². The van der Waals surface area contributed by atoms with Crippen molar-refractivity contribution in [1.82, 2.24) is 14.6 Å². The number of nitrogens with zero attached hydrogens (tertiary/aromatic N) is 4. The summed E-state index contributed by atoms with van der Waals surface area (Å²) in [6.07, 6.45) is 0.506. The summed E-state index contributed by atoms with van der Waals surface area (Å²) in [5.41, 5.74) is 0.702. The molecule has 0 unspecified atom stereocenters. The number of nitrogens with one attached hydrogen (secondary N) is 1. The number of amides is 1. The molecule has 2 aromatic rings. The fraction of sp³-hybridized carbons (Fsp3) is 0.429. The predicted octanol–water partition coefficient (Wildman–Crippen LogP) is 1.71. The van der Waals surface area contributed by atoms with Gasteiger partial charge in [-0.2, -0.15) is 5.10 Å². The van der Waals surface area contributed by atoms with Crippen molar-refractivity contribution in [3.63, 3.8) is 0 Å². The fourth-order valence-electron chi connectivity index (χ4n) is 3.68. The Bertz CT molecular complexity index is 1080. The van der Waals surface area contributed by atoms with E-state index in [4.69, 9.17) is 0 Å². The molecule has 0 fully saturated rings. The first-order valence-electron chi connectivity index (χ1n) is 10.1. The third-order valence-electron chi connectivity index (χ3n) is 5.46. The van der Waals surface area contributed by atoms with Crippen molar-refractivity contribution >= 4 is 17.3 Å². The second-order valence-electron chi connectivity index (χ2n) is 7.14. The van der Waals surface area contributed by atoms with Crippen LogP contribution in [0.3, 0.4) is 0 Å². The Morgan fingerprint density at radius 1 is 1.20 bits per heavy atom. The summed E-state index contributed by atoms with van der Waals surface area (Å²) in [6, 6.07) is 7.53. The van der Waals surface area contributed by atoms with Crippen LogP contribution < -0.4 is 16.1 Å². The average molecular weight is 413 g/mol. The number of rotatable bonds is 6. The Kier molecular flexibility index (Phi) is 6.09.